The number of halogens is 1. The summed E-state index contributed by atoms with van der Waals surface area (Å²) in [6.07, 6.45) is -0.105. The third-order valence-corrected chi connectivity index (χ3v) is 3.83. The van der Waals surface area contributed by atoms with E-state index in [1.165, 1.54) is 17.0 Å². The van der Waals surface area contributed by atoms with E-state index in [9.17, 15) is 14.0 Å². The molecule has 2 rings (SSSR count). The summed E-state index contributed by atoms with van der Waals surface area (Å²) in [5, 5.41) is 8.86. The topological polar surface area (TPSA) is 66.8 Å². The summed E-state index contributed by atoms with van der Waals surface area (Å²) in [7, 11) is 0. The fourth-order valence-electron chi connectivity index (χ4n) is 2.49. The lowest BCUT2D eigenvalue weighted by molar-refractivity contribution is -0.137. The molecule has 0 radical (unpaired) electrons. The molecule has 1 N–H and O–H groups in total. The van der Waals surface area contributed by atoms with Gasteiger partial charge >= 0.3 is 5.97 Å². The number of nitrogens with zero attached hydrogens (tertiary/aromatic N) is 1. The summed E-state index contributed by atoms with van der Waals surface area (Å²) in [6, 6.07) is 12.7. The standard InChI is InChI=1S/C20H22FNO4/c1-14(2)22(10-9-19(23)24)20(25)16-6-3-5-15(11-16)13-26-18-8-4-7-17(21)12-18/h3-8,11-12,14H,9-10,13H2,1-2H3,(H,23,24). The molecular formula is C20H22FNO4. The number of amides is 1. The molecule has 0 aliphatic carbocycles. The van der Waals surface area contributed by atoms with Crippen molar-refractivity contribution in [3.8, 4) is 5.75 Å². The molecule has 0 spiro atoms. The van der Waals surface area contributed by atoms with Gasteiger partial charge < -0.3 is 14.7 Å². The maximum atomic E-state index is 13.2. The molecule has 1 amide bonds. The van der Waals surface area contributed by atoms with Crippen molar-refractivity contribution >= 4 is 11.9 Å². The van der Waals surface area contributed by atoms with Crippen molar-refractivity contribution in [2.24, 2.45) is 0 Å². The maximum absolute atomic E-state index is 13.2. The van der Waals surface area contributed by atoms with Gasteiger partial charge in [-0.05, 0) is 43.7 Å². The quantitative estimate of drug-likeness (QED) is 0.780. The number of carbonyl (C=O) groups is 2. The highest BCUT2D eigenvalue weighted by atomic mass is 19.1. The highest BCUT2D eigenvalue weighted by Crippen LogP contribution is 2.16. The molecule has 0 aliphatic rings. The first-order valence-corrected chi connectivity index (χ1v) is 8.37. The van der Waals surface area contributed by atoms with E-state index in [0.29, 0.717) is 11.3 Å². The molecule has 0 aromatic heterocycles. The van der Waals surface area contributed by atoms with E-state index in [1.54, 1.807) is 30.3 Å². The Morgan fingerprint density at radius 3 is 2.54 bits per heavy atom. The van der Waals surface area contributed by atoms with Gasteiger partial charge in [0.25, 0.3) is 5.91 Å². The largest absolute Gasteiger partial charge is 0.489 e. The second kappa shape index (κ2) is 8.99. The molecule has 0 saturated carbocycles. The number of benzene rings is 2. The van der Waals surface area contributed by atoms with Crippen LogP contribution in [0.5, 0.6) is 5.75 Å². The molecule has 2 aromatic rings. The first kappa shape index (κ1) is 19.4. The maximum Gasteiger partial charge on any atom is 0.305 e. The summed E-state index contributed by atoms with van der Waals surface area (Å²) in [5.41, 5.74) is 1.23. The number of hydrogen-bond acceptors (Lipinski definition) is 3. The third kappa shape index (κ3) is 5.58. The molecule has 0 bridgehead atoms. The van der Waals surface area contributed by atoms with Crippen molar-refractivity contribution in [1.29, 1.82) is 0 Å². The Kier molecular flexibility index (Phi) is 6.72. The van der Waals surface area contributed by atoms with E-state index in [2.05, 4.69) is 0 Å². The molecule has 0 atom stereocenters. The SMILES string of the molecule is CC(C)N(CCC(=O)O)C(=O)c1cccc(COc2cccc(F)c2)c1. The van der Waals surface area contributed by atoms with Gasteiger partial charge in [-0.25, -0.2) is 4.39 Å². The Balaban J connectivity index is 2.08. The summed E-state index contributed by atoms with van der Waals surface area (Å²) in [6.45, 7) is 4.03. The Hall–Kier alpha value is -2.89. The van der Waals surface area contributed by atoms with Crippen LogP contribution in [0.25, 0.3) is 0 Å². The molecular weight excluding hydrogens is 337 g/mol. The zero-order valence-electron chi connectivity index (χ0n) is 14.8. The van der Waals surface area contributed by atoms with Crippen LogP contribution in [0.1, 0.15) is 36.2 Å². The van der Waals surface area contributed by atoms with Crippen LogP contribution in [-0.2, 0) is 11.4 Å². The fraction of sp³-hybridized carbons (Fsp3) is 0.300. The van der Waals surface area contributed by atoms with Gasteiger partial charge in [0.05, 0.1) is 6.42 Å². The Morgan fingerprint density at radius 2 is 1.88 bits per heavy atom. The molecule has 0 unspecified atom stereocenters. The molecule has 0 aliphatic heterocycles. The number of carbonyl (C=O) groups excluding carboxylic acids is 1. The van der Waals surface area contributed by atoms with Crippen LogP contribution in [0.15, 0.2) is 48.5 Å². The summed E-state index contributed by atoms with van der Waals surface area (Å²) in [4.78, 5) is 25.0. The average Bonchev–Trinajstić information content (AvgIpc) is 2.60. The van der Waals surface area contributed by atoms with E-state index < -0.39 is 5.97 Å². The fourth-order valence-corrected chi connectivity index (χ4v) is 2.49. The lowest BCUT2D eigenvalue weighted by atomic mass is 10.1. The van der Waals surface area contributed by atoms with E-state index in [1.807, 2.05) is 19.9 Å². The zero-order valence-corrected chi connectivity index (χ0v) is 14.8. The van der Waals surface area contributed by atoms with Gasteiger partial charge in [-0.1, -0.05) is 18.2 Å². The van der Waals surface area contributed by atoms with Crippen LogP contribution >= 0.6 is 0 Å². The van der Waals surface area contributed by atoms with Gasteiger partial charge in [-0.3, -0.25) is 9.59 Å². The van der Waals surface area contributed by atoms with Crippen molar-refractivity contribution in [3.05, 3.63) is 65.5 Å². The van der Waals surface area contributed by atoms with E-state index in [4.69, 9.17) is 9.84 Å². The van der Waals surface area contributed by atoms with Crippen LogP contribution in [0.4, 0.5) is 4.39 Å². The number of carboxylic acid groups (broad SMARTS) is 1. The Morgan fingerprint density at radius 1 is 1.15 bits per heavy atom. The lowest BCUT2D eigenvalue weighted by Crippen LogP contribution is -2.38. The summed E-state index contributed by atoms with van der Waals surface area (Å²) < 4.78 is 18.7. The molecule has 0 saturated heterocycles. The second-order valence-corrected chi connectivity index (χ2v) is 6.18. The zero-order chi connectivity index (χ0) is 19.1. The van der Waals surface area contributed by atoms with Gasteiger partial charge in [0.2, 0.25) is 0 Å². The number of carboxylic acids is 1. The number of rotatable bonds is 8. The number of aliphatic carboxylic acids is 1. The monoisotopic (exact) mass is 359 g/mol. The van der Waals surface area contributed by atoms with Gasteiger partial charge in [-0.2, -0.15) is 0 Å². The first-order chi connectivity index (χ1) is 12.4. The smallest absolute Gasteiger partial charge is 0.305 e. The Labute approximate surface area is 152 Å². The minimum atomic E-state index is -0.944. The van der Waals surface area contributed by atoms with Gasteiger partial charge in [0, 0.05) is 24.2 Å². The van der Waals surface area contributed by atoms with Crippen molar-refractivity contribution in [2.75, 3.05) is 6.54 Å². The van der Waals surface area contributed by atoms with Gasteiger partial charge in [0.15, 0.2) is 0 Å². The minimum absolute atomic E-state index is 0.105. The van der Waals surface area contributed by atoms with Crippen molar-refractivity contribution in [2.45, 2.75) is 32.9 Å². The van der Waals surface area contributed by atoms with Crippen LogP contribution in [0.3, 0.4) is 0 Å². The van der Waals surface area contributed by atoms with Gasteiger partial charge in [-0.15, -0.1) is 0 Å². The molecule has 138 valence electrons. The van der Waals surface area contributed by atoms with Crippen LogP contribution < -0.4 is 4.74 Å². The van der Waals surface area contributed by atoms with Crippen molar-refractivity contribution in [1.82, 2.24) is 4.90 Å². The van der Waals surface area contributed by atoms with Crippen molar-refractivity contribution < 1.29 is 23.8 Å². The highest BCUT2D eigenvalue weighted by Gasteiger charge is 2.19. The molecule has 2 aromatic carbocycles. The summed E-state index contributed by atoms with van der Waals surface area (Å²) in [5.74, 6) is -1.14. The summed E-state index contributed by atoms with van der Waals surface area (Å²) >= 11 is 0. The second-order valence-electron chi connectivity index (χ2n) is 6.18. The van der Waals surface area contributed by atoms with E-state index in [-0.39, 0.29) is 37.3 Å². The Bertz CT molecular complexity index is 776. The average molecular weight is 359 g/mol. The molecule has 0 heterocycles. The predicted octanol–water partition coefficient (Wildman–Crippen LogP) is 3.73. The van der Waals surface area contributed by atoms with Crippen LogP contribution in [0, 0.1) is 5.82 Å². The molecule has 26 heavy (non-hydrogen) atoms. The number of hydrogen-bond donors (Lipinski definition) is 1. The molecule has 0 fully saturated rings. The molecule has 6 heteroatoms. The van der Waals surface area contributed by atoms with E-state index >= 15 is 0 Å². The van der Waals surface area contributed by atoms with E-state index in [0.717, 1.165) is 5.56 Å². The lowest BCUT2D eigenvalue weighted by Gasteiger charge is -2.26. The molecule has 5 nitrogen and oxygen atoms in total. The predicted molar refractivity (Wildman–Crippen MR) is 95.6 cm³/mol. The first-order valence-electron chi connectivity index (χ1n) is 8.37. The minimum Gasteiger partial charge on any atom is -0.489 e. The number of ether oxygens (including phenoxy) is 1. The highest BCUT2D eigenvalue weighted by molar-refractivity contribution is 5.94. The van der Waals surface area contributed by atoms with Crippen LogP contribution in [0.2, 0.25) is 0 Å². The normalized spacial score (nSPS) is 10.6. The third-order valence-electron chi connectivity index (χ3n) is 3.83. The van der Waals surface area contributed by atoms with Crippen LogP contribution in [-0.4, -0.2) is 34.5 Å². The van der Waals surface area contributed by atoms with Crippen molar-refractivity contribution in [3.63, 3.8) is 0 Å². The van der Waals surface area contributed by atoms with Gasteiger partial charge in [0.1, 0.15) is 18.2 Å².